The minimum atomic E-state index is 0.481. The van der Waals surface area contributed by atoms with Crippen molar-refractivity contribution in [3.05, 3.63) is 47.9 Å². The van der Waals surface area contributed by atoms with Gasteiger partial charge in [0, 0.05) is 31.8 Å². The summed E-state index contributed by atoms with van der Waals surface area (Å²) in [5.41, 5.74) is 1.92. The van der Waals surface area contributed by atoms with Crippen molar-refractivity contribution >= 4 is 5.96 Å². The van der Waals surface area contributed by atoms with Gasteiger partial charge in [0.15, 0.2) is 5.96 Å². The van der Waals surface area contributed by atoms with Crippen molar-refractivity contribution in [2.45, 2.75) is 20.0 Å². The number of methoxy groups -OCH3 is 1. The van der Waals surface area contributed by atoms with E-state index in [9.17, 15) is 0 Å². The molecule has 2 rings (SSSR count). The number of ether oxygens (including phenoxy) is 1. The number of aromatic nitrogens is 1. The summed E-state index contributed by atoms with van der Waals surface area (Å²) >= 11 is 0. The summed E-state index contributed by atoms with van der Waals surface area (Å²) in [6.45, 7) is 4.03. The van der Waals surface area contributed by atoms with Crippen LogP contribution < -0.4 is 10.1 Å². The molecule has 0 fully saturated rings. The predicted molar refractivity (Wildman–Crippen MR) is 85.8 cm³/mol. The predicted octanol–water partition coefficient (Wildman–Crippen LogP) is 2.28. The van der Waals surface area contributed by atoms with Crippen molar-refractivity contribution < 1.29 is 9.26 Å². The van der Waals surface area contributed by atoms with E-state index in [-0.39, 0.29) is 0 Å². The Hall–Kier alpha value is -2.50. The van der Waals surface area contributed by atoms with Crippen LogP contribution in [0.2, 0.25) is 0 Å². The Morgan fingerprint density at radius 1 is 1.36 bits per heavy atom. The van der Waals surface area contributed by atoms with Crippen LogP contribution in [0.25, 0.3) is 0 Å². The van der Waals surface area contributed by atoms with Crippen LogP contribution >= 0.6 is 0 Å². The minimum Gasteiger partial charge on any atom is -0.496 e. The normalized spacial score (nSPS) is 11.3. The quantitative estimate of drug-likeness (QED) is 0.655. The second-order valence-electron chi connectivity index (χ2n) is 4.83. The first kappa shape index (κ1) is 15.9. The number of nitrogens with zero attached hydrogens (tertiary/aromatic N) is 3. The molecule has 0 aliphatic carbocycles. The fourth-order valence-electron chi connectivity index (χ4n) is 2.11. The number of nitrogens with one attached hydrogen (secondary N) is 1. The molecule has 0 aliphatic heterocycles. The molecule has 0 unspecified atom stereocenters. The van der Waals surface area contributed by atoms with Crippen molar-refractivity contribution in [3.8, 4) is 5.75 Å². The van der Waals surface area contributed by atoms with Gasteiger partial charge in [0.2, 0.25) is 0 Å². The molecule has 0 atom stereocenters. The number of rotatable bonds is 6. The number of benzene rings is 1. The molecule has 0 amide bonds. The second kappa shape index (κ2) is 8.07. The molecular weight excluding hydrogens is 280 g/mol. The van der Waals surface area contributed by atoms with Crippen LogP contribution in [-0.4, -0.2) is 36.7 Å². The SMILES string of the molecule is CCNC(=NCc1ccon1)N(C)Cc1ccccc1OC. The lowest BCUT2D eigenvalue weighted by Gasteiger charge is -2.23. The summed E-state index contributed by atoms with van der Waals surface area (Å²) in [5, 5.41) is 7.15. The number of hydrogen-bond donors (Lipinski definition) is 1. The third-order valence-corrected chi connectivity index (χ3v) is 3.18. The van der Waals surface area contributed by atoms with Gasteiger partial charge in [-0.05, 0) is 13.0 Å². The van der Waals surface area contributed by atoms with Gasteiger partial charge < -0.3 is 19.5 Å². The average Bonchev–Trinajstić information content (AvgIpc) is 3.05. The lowest BCUT2D eigenvalue weighted by molar-refractivity contribution is 0.395. The van der Waals surface area contributed by atoms with E-state index in [1.54, 1.807) is 13.4 Å². The average molecular weight is 302 g/mol. The van der Waals surface area contributed by atoms with Crippen LogP contribution in [0.4, 0.5) is 0 Å². The van der Waals surface area contributed by atoms with Crippen molar-refractivity contribution in [2.24, 2.45) is 4.99 Å². The topological polar surface area (TPSA) is 62.9 Å². The molecule has 1 heterocycles. The maximum atomic E-state index is 5.40. The first-order valence-electron chi connectivity index (χ1n) is 7.25. The monoisotopic (exact) mass is 302 g/mol. The molecule has 0 spiro atoms. The van der Waals surface area contributed by atoms with Crippen LogP contribution in [0, 0.1) is 0 Å². The molecule has 0 radical (unpaired) electrons. The highest BCUT2D eigenvalue weighted by Gasteiger charge is 2.10. The van der Waals surface area contributed by atoms with E-state index in [1.807, 2.05) is 38.2 Å². The highest BCUT2D eigenvalue weighted by atomic mass is 16.5. The molecule has 6 nitrogen and oxygen atoms in total. The van der Waals surface area contributed by atoms with Crippen molar-refractivity contribution in [2.75, 3.05) is 20.7 Å². The first-order chi connectivity index (χ1) is 10.7. The Morgan fingerprint density at radius 2 is 2.18 bits per heavy atom. The summed E-state index contributed by atoms with van der Waals surface area (Å²) < 4.78 is 10.2. The first-order valence-corrected chi connectivity index (χ1v) is 7.25. The summed E-state index contributed by atoms with van der Waals surface area (Å²) in [6.07, 6.45) is 1.55. The van der Waals surface area contributed by atoms with E-state index >= 15 is 0 Å². The molecule has 0 aliphatic rings. The van der Waals surface area contributed by atoms with E-state index in [0.29, 0.717) is 13.1 Å². The molecule has 0 saturated carbocycles. The molecule has 22 heavy (non-hydrogen) atoms. The number of aliphatic imine (C=N–C) groups is 1. The Bertz CT molecular complexity index is 596. The zero-order chi connectivity index (χ0) is 15.8. The minimum absolute atomic E-state index is 0.481. The maximum Gasteiger partial charge on any atom is 0.194 e. The lowest BCUT2D eigenvalue weighted by Crippen LogP contribution is -2.38. The van der Waals surface area contributed by atoms with Crippen molar-refractivity contribution in [1.29, 1.82) is 0 Å². The zero-order valence-electron chi connectivity index (χ0n) is 13.2. The molecule has 1 aromatic heterocycles. The molecule has 1 N–H and O–H groups in total. The second-order valence-corrected chi connectivity index (χ2v) is 4.83. The van der Waals surface area contributed by atoms with Crippen molar-refractivity contribution in [1.82, 2.24) is 15.4 Å². The Labute approximate surface area is 130 Å². The smallest absolute Gasteiger partial charge is 0.194 e. The van der Waals surface area contributed by atoms with E-state index in [1.165, 1.54) is 0 Å². The molecular formula is C16H22N4O2. The molecule has 118 valence electrons. The van der Waals surface area contributed by atoms with Gasteiger partial charge >= 0.3 is 0 Å². The lowest BCUT2D eigenvalue weighted by atomic mass is 10.2. The Kier molecular flexibility index (Phi) is 5.82. The van der Waals surface area contributed by atoms with Gasteiger partial charge in [0.05, 0.1) is 13.7 Å². The van der Waals surface area contributed by atoms with E-state index < -0.39 is 0 Å². The van der Waals surface area contributed by atoms with Gasteiger partial charge in [-0.2, -0.15) is 0 Å². The van der Waals surface area contributed by atoms with Gasteiger partial charge in [-0.15, -0.1) is 0 Å². The number of hydrogen-bond acceptors (Lipinski definition) is 4. The van der Waals surface area contributed by atoms with Crippen molar-refractivity contribution in [3.63, 3.8) is 0 Å². The van der Waals surface area contributed by atoms with Gasteiger partial charge in [-0.1, -0.05) is 23.4 Å². The third kappa shape index (κ3) is 4.25. The summed E-state index contributed by atoms with van der Waals surface area (Å²) in [7, 11) is 3.68. The number of guanidine groups is 1. The third-order valence-electron chi connectivity index (χ3n) is 3.18. The largest absolute Gasteiger partial charge is 0.496 e. The van der Waals surface area contributed by atoms with Crippen LogP contribution in [0.1, 0.15) is 18.2 Å². The fraction of sp³-hybridized carbons (Fsp3) is 0.375. The Balaban J connectivity index is 2.08. The molecule has 0 saturated heterocycles. The van der Waals surface area contributed by atoms with E-state index in [4.69, 9.17) is 9.26 Å². The number of para-hydroxylation sites is 1. The molecule has 0 bridgehead atoms. The van der Waals surface area contributed by atoms with Gasteiger partial charge in [0.25, 0.3) is 0 Å². The highest BCUT2D eigenvalue weighted by molar-refractivity contribution is 5.79. The van der Waals surface area contributed by atoms with Gasteiger partial charge in [-0.25, -0.2) is 4.99 Å². The summed E-state index contributed by atoms with van der Waals surface area (Å²) in [6, 6.07) is 9.80. The van der Waals surface area contributed by atoms with Crippen LogP contribution in [0.5, 0.6) is 5.75 Å². The van der Waals surface area contributed by atoms with E-state index in [0.717, 1.165) is 29.5 Å². The van der Waals surface area contributed by atoms with Crippen LogP contribution in [0.15, 0.2) is 46.1 Å². The standard InChI is InChI=1S/C16H22N4O2/c1-4-17-16(18-11-14-9-10-22-19-14)20(2)12-13-7-5-6-8-15(13)21-3/h5-10H,4,11-12H2,1-3H3,(H,17,18). The van der Waals surface area contributed by atoms with Crippen LogP contribution in [-0.2, 0) is 13.1 Å². The fourth-order valence-corrected chi connectivity index (χ4v) is 2.11. The highest BCUT2D eigenvalue weighted by Crippen LogP contribution is 2.18. The zero-order valence-corrected chi connectivity index (χ0v) is 13.2. The van der Waals surface area contributed by atoms with E-state index in [2.05, 4.69) is 26.4 Å². The summed E-state index contributed by atoms with van der Waals surface area (Å²) in [4.78, 5) is 6.63. The van der Waals surface area contributed by atoms with Gasteiger partial charge in [0.1, 0.15) is 17.7 Å². The summed E-state index contributed by atoms with van der Waals surface area (Å²) in [5.74, 6) is 1.69. The Morgan fingerprint density at radius 3 is 2.86 bits per heavy atom. The molecule has 2 aromatic rings. The van der Waals surface area contributed by atoms with Gasteiger partial charge in [-0.3, -0.25) is 0 Å². The molecule has 1 aromatic carbocycles. The molecule has 6 heteroatoms. The van der Waals surface area contributed by atoms with Crippen LogP contribution in [0.3, 0.4) is 0 Å². The maximum absolute atomic E-state index is 5.40.